The second-order valence-electron chi connectivity index (χ2n) is 8.42. The van der Waals surface area contributed by atoms with E-state index < -0.39 is 0 Å². The lowest BCUT2D eigenvalue weighted by atomic mass is 9.47. The third-order valence-corrected chi connectivity index (χ3v) is 6.62. The van der Waals surface area contributed by atoms with Gasteiger partial charge in [-0.1, -0.05) is 0 Å². The molecule has 112 valence electrons. The number of hydrogen-bond donors (Lipinski definition) is 1. The molecule has 5 aliphatic rings. The van der Waals surface area contributed by atoms with Gasteiger partial charge in [0.1, 0.15) is 0 Å². The number of amides is 1. The first-order valence-corrected chi connectivity index (χ1v) is 8.56. The van der Waals surface area contributed by atoms with Crippen molar-refractivity contribution in [1.29, 1.82) is 0 Å². The smallest absolute Gasteiger partial charge is 0.239 e. The van der Waals surface area contributed by atoms with E-state index in [0.29, 0.717) is 0 Å². The lowest BCUT2D eigenvalue weighted by Crippen LogP contribution is -2.59. The van der Waals surface area contributed by atoms with Crippen molar-refractivity contribution in [1.82, 2.24) is 4.90 Å². The molecule has 0 aliphatic heterocycles. The Kier molecular flexibility index (Phi) is 2.93. The summed E-state index contributed by atoms with van der Waals surface area (Å²) in [5.41, 5.74) is 6.68. The SMILES string of the molecule is CN(CC1CC1)C(=O)[C@@H](N)C12CC3CC(CC(C3)C1)C2. The molecule has 0 spiro atoms. The van der Waals surface area contributed by atoms with Crippen molar-refractivity contribution in [2.45, 2.75) is 57.4 Å². The average Bonchev–Trinajstić information content (AvgIpc) is 3.19. The Morgan fingerprint density at radius 1 is 1.15 bits per heavy atom. The summed E-state index contributed by atoms with van der Waals surface area (Å²) < 4.78 is 0. The zero-order valence-corrected chi connectivity index (χ0v) is 12.7. The van der Waals surface area contributed by atoms with Crippen LogP contribution in [0.5, 0.6) is 0 Å². The highest BCUT2D eigenvalue weighted by molar-refractivity contribution is 5.82. The summed E-state index contributed by atoms with van der Waals surface area (Å²) in [7, 11) is 1.96. The molecule has 0 unspecified atom stereocenters. The fourth-order valence-electron chi connectivity index (χ4n) is 5.84. The molecule has 5 saturated carbocycles. The van der Waals surface area contributed by atoms with Crippen LogP contribution in [0.4, 0.5) is 0 Å². The largest absolute Gasteiger partial charge is 0.344 e. The Bertz CT molecular complexity index is 380. The predicted octanol–water partition coefficient (Wildman–Crippen LogP) is 2.40. The van der Waals surface area contributed by atoms with Gasteiger partial charge in [0.25, 0.3) is 0 Å². The van der Waals surface area contributed by atoms with E-state index in [0.717, 1.165) is 30.2 Å². The van der Waals surface area contributed by atoms with E-state index in [4.69, 9.17) is 5.73 Å². The monoisotopic (exact) mass is 276 g/mol. The second kappa shape index (κ2) is 4.46. The molecule has 0 aromatic heterocycles. The van der Waals surface area contributed by atoms with Gasteiger partial charge in [0.15, 0.2) is 0 Å². The predicted molar refractivity (Wildman–Crippen MR) is 78.9 cm³/mol. The first-order valence-electron chi connectivity index (χ1n) is 8.56. The van der Waals surface area contributed by atoms with E-state index >= 15 is 0 Å². The maximum Gasteiger partial charge on any atom is 0.239 e. The van der Waals surface area contributed by atoms with E-state index in [1.165, 1.54) is 51.4 Å². The Hall–Kier alpha value is -0.570. The molecule has 5 fully saturated rings. The Balaban J connectivity index is 1.49. The summed E-state index contributed by atoms with van der Waals surface area (Å²) >= 11 is 0. The number of carbonyl (C=O) groups excluding carboxylic acids is 1. The molecule has 0 saturated heterocycles. The summed E-state index contributed by atoms with van der Waals surface area (Å²) in [6.45, 7) is 0.929. The minimum absolute atomic E-state index is 0.156. The molecule has 0 aromatic rings. The maximum absolute atomic E-state index is 12.7. The van der Waals surface area contributed by atoms with Gasteiger partial charge >= 0.3 is 0 Å². The van der Waals surface area contributed by atoms with Crippen molar-refractivity contribution in [3.8, 4) is 0 Å². The normalized spacial score (nSPS) is 43.6. The molecule has 5 rings (SSSR count). The average molecular weight is 276 g/mol. The van der Waals surface area contributed by atoms with Crippen LogP contribution < -0.4 is 5.73 Å². The Labute approximate surface area is 122 Å². The molecule has 1 amide bonds. The summed E-state index contributed by atoms with van der Waals surface area (Å²) in [5.74, 6) is 3.59. The minimum Gasteiger partial charge on any atom is -0.344 e. The molecule has 20 heavy (non-hydrogen) atoms. The van der Waals surface area contributed by atoms with Crippen LogP contribution in [-0.4, -0.2) is 30.4 Å². The molecule has 3 heteroatoms. The van der Waals surface area contributed by atoms with E-state index in [1.807, 2.05) is 11.9 Å². The molecular formula is C17H28N2O. The van der Waals surface area contributed by atoms with Gasteiger partial charge in [0.05, 0.1) is 6.04 Å². The fourth-order valence-corrected chi connectivity index (χ4v) is 5.84. The minimum atomic E-state index is -0.236. The van der Waals surface area contributed by atoms with Crippen molar-refractivity contribution >= 4 is 5.91 Å². The number of nitrogens with zero attached hydrogens (tertiary/aromatic N) is 1. The highest BCUT2D eigenvalue weighted by Gasteiger charge is 2.55. The fraction of sp³-hybridized carbons (Fsp3) is 0.941. The molecule has 3 nitrogen and oxygen atoms in total. The Morgan fingerprint density at radius 2 is 1.65 bits per heavy atom. The number of likely N-dealkylation sites (N-methyl/N-ethyl adjacent to an activating group) is 1. The molecule has 1 atom stereocenters. The van der Waals surface area contributed by atoms with Crippen LogP contribution in [0.2, 0.25) is 0 Å². The molecule has 0 aromatic carbocycles. The third kappa shape index (κ3) is 2.09. The number of nitrogens with two attached hydrogens (primary N) is 1. The highest BCUT2D eigenvalue weighted by Crippen LogP contribution is 2.61. The van der Waals surface area contributed by atoms with E-state index in [2.05, 4.69) is 0 Å². The van der Waals surface area contributed by atoms with Crippen LogP contribution in [0.15, 0.2) is 0 Å². The highest BCUT2D eigenvalue weighted by atomic mass is 16.2. The number of rotatable bonds is 4. The van der Waals surface area contributed by atoms with E-state index in [1.54, 1.807) is 0 Å². The van der Waals surface area contributed by atoms with Gasteiger partial charge in [-0.15, -0.1) is 0 Å². The van der Waals surface area contributed by atoms with Gasteiger partial charge < -0.3 is 10.6 Å². The van der Waals surface area contributed by atoms with Gasteiger partial charge in [-0.05, 0) is 80.5 Å². The number of carbonyl (C=O) groups is 1. The van der Waals surface area contributed by atoms with Crippen molar-refractivity contribution in [3.63, 3.8) is 0 Å². The van der Waals surface area contributed by atoms with Crippen LogP contribution >= 0.6 is 0 Å². The molecule has 2 N–H and O–H groups in total. The van der Waals surface area contributed by atoms with Crippen LogP contribution in [0.1, 0.15) is 51.4 Å². The van der Waals surface area contributed by atoms with Gasteiger partial charge in [-0.25, -0.2) is 0 Å². The lowest BCUT2D eigenvalue weighted by molar-refractivity contribution is -0.142. The van der Waals surface area contributed by atoms with Crippen LogP contribution in [-0.2, 0) is 4.79 Å². The summed E-state index contributed by atoms with van der Waals surface area (Å²) in [6, 6.07) is -0.236. The quantitative estimate of drug-likeness (QED) is 0.857. The van der Waals surface area contributed by atoms with Crippen LogP contribution in [0.3, 0.4) is 0 Å². The van der Waals surface area contributed by atoms with Crippen LogP contribution in [0, 0.1) is 29.1 Å². The third-order valence-electron chi connectivity index (χ3n) is 6.62. The van der Waals surface area contributed by atoms with E-state index in [-0.39, 0.29) is 17.4 Å². The summed E-state index contributed by atoms with van der Waals surface area (Å²) in [4.78, 5) is 14.7. The molecule has 4 bridgehead atoms. The van der Waals surface area contributed by atoms with Crippen molar-refractivity contribution in [3.05, 3.63) is 0 Å². The van der Waals surface area contributed by atoms with Gasteiger partial charge in [-0.2, -0.15) is 0 Å². The topological polar surface area (TPSA) is 46.3 Å². The molecule has 0 heterocycles. The summed E-state index contributed by atoms with van der Waals surface area (Å²) in [6.07, 6.45) is 10.5. The molecule has 0 radical (unpaired) electrons. The molecular weight excluding hydrogens is 248 g/mol. The Morgan fingerprint density at radius 3 is 2.10 bits per heavy atom. The van der Waals surface area contributed by atoms with Crippen molar-refractivity contribution < 1.29 is 4.79 Å². The lowest BCUT2D eigenvalue weighted by Gasteiger charge is -2.58. The van der Waals surface area contributed by atoms with Gasteiger partial charge in [0.2, 0.25) is 5.91 Å². The first-order chi connectivity index (χ1) is 9.56. The van der Waals surface area contributed by atoms with Crippen molar-refractivity contribution in [2.24, 2.45) is 34.8 Å². The zero-order valence-electron chi connectivity index (χ0n) is 12.7. The van der Waals surface area contributed by atoms with Gasteiger partial charge in [-0.3, -0.25) is 4.79 Å². The first kappa shape index (κ1) is 13.1. The number of hydrogen-bond acceptors (Lipinski definition) is 2. The second-order valence-corrected chi connectivity index (χ2v) is 8.42. The van der Waals surface area contributed by atoms with Gasteiger partial charge in [0, 0.05) is 13.6 Å². The molecule has 5 aliphatic carbocycles. The summed E-state index contributed by atoms with van der Waals surface area (Å²) in [5, 5.41) is 0. The van der Waals surface area contributed by atoms with Crippen molar-refractivity contribution in [2.75, 3.05) is 13.6 Å². The maximum atomic E-state index is 12.7. The van der Waals surface area contributed by atoms with Crippen LogP contribution in [0.25, 0.3) is 0 Å². The standard InChI is InChI=1S/C17H28N2O/c1-19(10-11-2-3-11)16(20)15(18)17-7-12-4-13(8-17)6-14(5-12)9-17/h11-15H,2-10,18H2,1H3/t12?,13?,14?,15-,17?/m1/s1. The zero-order chi connectivity index (χ0) is 13.9. The van der Waals surface area contributed by atoms with E-state index in [9.17, 15) is 4.79 Å².